The predicted octanol–water partition coefficient (Wildman–Crippen LogP) is 0.872. The van der Waals surface area contributed by atoms with Gasteiger partial charge in [0.15, 0.2) is 22.7 Å². The van der Waals surface area contributed by atoms with Crippen molar-refractivity contribution in [1.82, 2.24) is 19.9 Å². The molecule has 2 aromatic heterocycles. The third kappa shape index (κ3) is 5.20. The van der Waals surface area contributed by atoms with Crippen molar-refractivity contribution in [3.8, 4) is 5.75 Å². The van der Waals surface area contributed by atoms with Crippen LogP contribution in [0.4, 0.5) is 5.13 Å². The molecule has 14 nitrogen and oxygen atoms in total. The number of nitrogens with two attached hydrogens (primary N) is 1. The van der Waals surface area contributed by atoms with Gasteiger partial charge in [0.25, 0.3) is 11.8 Å². The van der Waals surface area contributed by atoms with Crippen molar-refractivity contribution in [3.63, 3.8) is 0 Å². The highest BCUT2D eigenvalue weighted by atomic mass is 32.2. The lowest BCUT2D eigenvalue weighted by molar-refractivity contribution is -0.150. The minimum atomic E-state index is -1.28. The van der Waals surface area contributed by atoms with Crippen LogP contribution in [0, 0.1) is 5.92 Å². The number of hydrogen-bond donors (Lipinski definition) is 5. The summed E-state index contributed by atoms with van der Waals surface area (Å²) in [6.07, 6.45) is 1.14. The molecular weight excluding hydrogens is 552 g/mol. The van der Waals surface area contributed by atoms with Crippen molar-refractivity contribution >= 4 is 51.7 Å². The maximum atomic E-state index is 13.3. The van der Waals surface area contributed by atoms with E-state index in [4.69, 9.17) is 10.6 Å². The highest BCUT2D eigenvalue weighted by molar-refractivity contribution is 8.00. The summed E-state index contributed by atoms with van der Waals surface area (Å²) >= 11 is 2.30. The van der Waals surface area contributed by atoms with Gasteiger partial charge >= 0.3 is 5.97 Å². The van der Waals surface area contributed by atoms with Crippen LogP contribution in [0.2, 0.25) is 0 Å². The van der Waals surface area contributed by atoms with Crippen LogP contribution in [-0.4, -0.2) is 70.7 Å². The summed E-state index contributed by atoms with van der Waals surface area (Å²) < 4.78 is 0.518. The van der Waals surface area contributed by atoms with Gasteiger partial charge in [-0.2, -0.15) is 4.73 Å². The Hall–Kier alpha value is -4.31. The number of fused-ring (bicyclic) bond motifs is 1. The van der Waals surface area contributed by atoms with Crippen molar-refractivity contribution < 1.29 is 34.6 Å². The van der Waals surface area contributed by atoms with Crippen LogP contribution in [0.15, 0.2) is 51.5 Å². The fraction of sp³-hybridized carbons (Fsp3) is 0.304. The first kappa shape index (κ1) is 27.7. The van der Waals surface area contributed by atoms with Crippen LogP contribution in [0.1, 0.15) is 31.3 Å². The second-order valence-electron chi connectivity index (χ2n) is 8.82. The van der Waals surface area contributed by atoms with E-state index >= 15 is 0 Å². The number of nitrogens with one attached hydrogen (secondary N) is 1. The molecule has 2 amide bonds. The quantitative estimate of drug-likeness (QED) is 0.122. The number of nitrogen functional groups attached to an aromatic ring is 1. The summed E-state index contributed by atoms with van der Waals surface area (Å²) in [7, 11) is 0. The summed E-state index contributed by atoms with van der Waals surface area (Å²) in [5.74, 6) is -3.51. The molecule has 16 heteroatoms. The van der Waals surface area contributed by atoms with Crippen LogP contribution in [0.3, 0.4) is 0 Å². The normalized spacial score (nSPS) is 19.8. The minimum absolute atomic E-state index is 0.0384. The van der Waals surface area contributed by atoms with Crippen molar-refractivity contribution in [2.24, 2.45) is 11.1 Å². The van der Waals surface area contributed by atoms with Gasteiger partial charge in [-0.25, -0.2) is 9.78 Å². The fourth-order valence-electron chi connectivity index (χ4n) is 3.98. The average molecular weight is 577 g/mol. The number of hydrogen-bond acceptors (Lipinski definition) is 12. The molecule has 0 radical (unpaired) electrons. The van der Waals surface area contributed by atoms with Crippen LogP contribution in [0.25, 0.3) is 0 Å². The average Bonchev–Trinajstić information content (AvgIpc) is 3.31. The number of oxime groups is 1. The number of carbonyl (C=O) groups is 3. The smallest absolute Gasteiger partial charge is 0.352 e. The maximum Gasteiger partial charge on any atom is 0.352 e. The van der Waals surface area contributed by atoms with Crippen molar-refractivity contribution in [1.29, 1.82) is 0 Å². The van der Waals surface area contributed by atoms with E-state index in [1.54, 1.807) is 13.8 Å². The fourth-order valence-corrected chi connectivity index (χ4v) is 5.87. The van der Waals surface area contributed by atoms with Gasteiger partial charge in [-0.15, -0.1) is 23.1 Å². The number of rotatable bonds is 9. The molecule has 0 bridgehead atoms. The topological polar surface area (TPSA) is 210 Å². The van der Waals surface area contributed by atoms with Gasteiger partial charge < -0.3 is 31.3 Å². The van der Waals surface area contributed by atoms with Gasteiger partial charge in [0.05, 0.1) is 6.20 Å². The van der Waals surface area contributed by atoms with E-state index < -0.39 is 46.5 Å². The Bertz CT molecular complexity index is 1480. The van der Waals surface area contributed by atoms with E-state index in [-0.39, 0.29) is 39.6 Å². The lowest BCUT2D eigenvalue weighted by atomic mass is 10.0. The number of aromatic nitrogens is 2. The molecule has 39 heavy (non-hydrogen) atoms. The SMILES string of the molecule is C=CC1=C(C(=O)O)N2C(=O)[C@@H](NC(=O)/C(=N\OC(c3cc(=O)c(O)cn3O)C(C)C)c3csc(N)n3)[C@H]2SC1. The summed E-state index contributed by atoms with van der Waals surface area (Å²) in [5, 5.41) is 36.8. The first-order chi connectivity index (χ1) is 18.4. The number of carboxylic acid groups (broad SMARTS) is 1. The molecule has 6 N–H and O–H groups in total. The number of anilines is 1. The third-order valence-corrected chi connectivity index (χ3v) is 7.88. The second kappa shape index (κ2) is 10.8. The van der Waals surface area contributed by atoms with Crippen LogP contribution in [-0.2, 0) is 19.2 Å². The number of β-lactam (4-membered cyclic amide) rings is 1. The van der Waals surface area contributed by atoms with Crippen LogP contribution >= 0.6 is 23.1 Å². The zero-order valence-electron chi connectivity index (χ0n) is 20.6. The number of thiazole rings is 1. The molecule has 2 aromatic rings. The molecule has 2 aliphatic heterocycles. The molecule has 4 rings (SSSR count). The van der Waals surface area contributed by atoms with E-state index in [1.165, 1.54) is 23.2 Å². The first-order valence-corrected chi connectivity index (χ1v) is 13.3. The van der Waals surface area contributed by atoms with E-state index in [9.17, 15) is 34.6 Å². The van der Waals surface area contributed by atoms with E-state index in [2.05, 4.69) is 22.0 Å². The number of allylic oxidation sites excluding steroid dienone is 1. The molecule has 0 aromatic carbocycles. The number of aliphatic carboxylic acids is 1. The summed E-state index contributed by atoms with van der Waals surface area (Å²) in [6.45, 7) is 7.03. The van der Waals surface area contributed by atoms with E-state index in [0.29, 0.717) is 10.3 Å². The molecule has 3 atom stereocenters. The molecular formula is C23H24N6O8S2. The molecule has 1 saturated heterocycles. The molecule has 4 heterocycles. The standard InChI is InChI=1S/C23H24N6O8S2/c1-4-10-7-38-21-16(20(33)29(21)17(10)22(34)35)26-19(32)15(11-8-39-23(24)25-11)27-37-18(9(2)3)12-5-13(30)14(31)6-28(12)36/h4-6,8-9,16,18,21,31,36H,1,7H2,2-3H3,(H2,24,25)(H,26,32)(H,34,35)/b27-15-/t16-,18?,21-/m1/s1. The number of pyridine rings is 1. The molecule has 0 aliphatic carbocycles. The van der Waals surface area contributed by atoms with Crippen molar-refractivity contribution in [3.05, 3.63) is 63.2 Å². The Morgan fingerprint density at radius 2 is 2.10 bits per heavy atom. The maximum absolute atomic E-state index is 13.3. The zero-order chi connectivity index (χ0) is 28.6. The molecule has 1 fully saturated rings. The molecule has 0 spiro atoms. The molecule has 2 aliphatic rings. The predicted molar refractivity (Wildman–Crippen MR) is 141 cm³/mol. The summed E-state index contributed by atoms with van der Waals surface area (Å²) in [4.78, 5) is 60.7. The Balaban J connectivity index is 1.62. The van der Waals surface area contributed by atoms with Gasteiger partial charge in [-0.05, 0) is 11.5 Å². The van der Waals surface area contributed by atoms with Crippen molar-refractivity contribution in [2.45, 2.75) is 31.4 Å². The Kier molecular flexibility index (Phi) is 7.69. The van der Waals surface area contributed by atoms with E-state index in [1.807, 2.05) is 0 Å². The Labute approximate surface area is 229 Å². The summed E-state index contributed by atoms with van der Waals surface area (Å²) in [5.41, 5.74) is 4.85. The van der Waals surface area contributed by atoms with Gasteiger partial charge in [0, 0.05) is 17.2 Å². The Morgan fingerprint density at radius 1 is 1.38 bits per heavy atom. The number of carboxylic acids is 1. The van der Waals surface area contributed by atoms with Gasteiger partial charge in [0.2, 0.25) is 5.43 Å². The van der Waals surface area contributed by atoms with Gasteiger partial charge in [0.1, 0.15) is 28.5 Å². The molecule has 206 valence electrons. The highest BCUT2D eigenvalue weighted by Gasteiger charge is 2.54. The largest absolute Gasteiger partial charge is 0.503 e. The molecule has 0 saturated carbocycles. The third-order valence-electron chi connectivity index (χ3n) is 5.91. The van der Waals surface area contributed by atoms with Crippen molar-refractivity contribution in [2.75, 3.05) is 11.5 Å². The number of aromatic hydroxyl groups is 1. The highest BCUT2D eigenvalue weighted by Crippen LogP contribution is 2.40. The minimum Gasteiger partial charge on any atom is -0.503 e. The lowest BCUT2D eigenvalue weighted by Gasteiger charge is -2.49. The first-order valence-electron chi connectivity index (χ1n) is 11.4. The number of amides is 2. The number of nitrogens with zero attached hydrogens (tertiary/aromatic N) is 4. The number of thioether (sulfide) groups is 1. The second-order valence-corrected chi connectivity index (χ2v) is 10.8. The van der Waals surface area contributed by atoms with E-state index in [0.717, 1.165) is 28.5 Å². The monoisotopic (exact) mass is 576 g/mol. The van der Waals surface area contributed by atoms with Crippen LogP contribution < -0.4 is 16.5 Å². The zero-order valence-corrected chi connectivity index (χ0v) is 22.2. The van der Waals surface area contributed by atoms with Gasteiger partial charge in [-0.3, -0.25) is 19.3 Å². The molecule has 1 unspecified atom stereocenters. The van der Waals surface area contributed by atoms with Crippen LogP contribution in [0.5, 0.6) is 5.75 Å². The lowest BCUT2D eigenvalue weighted by Crippen LogP contribution is -2.71. The van der Waals surface area contributed by atoms with Gasteiger partial charge in [-0.1, -0.05) is 31.7 Å². The summed E-state index contributed by atoms with van der Waals surface area (Å²) in [6, 6.07) is -0.0756. The number of carbonyl (C=O) groups excluding carboxylic acids is 2. The Morgan fingerprint density at radius 3 is 2.69 bits per heavy atom.